The van der Waals surface area contributed by atoms with Gasteiger partial charge in [-0.1, -0.05) is 37.3 Å². The molecule has 1 aromatic rings. The number of sulfone groups is 1. The first-order valence-corrected chi connectivity index (χ1v) is 6.77. The maximum Gasteiger partial charge on any atom is 0.158 e. The third-order valence-corrected chi connectivity index (χ3v) is 4.71. The van der Waals surface area contributed by atoms with Crippen LogP contribution in [0.15, 0.2) is 30.3 Å². The lowest BCUT2D eigenvalue weighted by molar-refractivity contribution is 0.575. The second-order valence-corrected chi connectivity index (χ2v) is 5.84. The molecule has 1 unspecified atom stereocenters. The van der Waals surface area contributed by atoms with Crippen LogP contribution < -0.4 is 5.73 Å². The first-order chi connectivity index (χ1) is 7.10. The van der Waals surface area contributed by atoms with Gasteiger partial charge in [-0.3, -0.25) is 0 Å². The van der Waals surface area contributed by atoms with Crippen LogP contribution in [0.25, 0.3) is 0 Å². The van der Waals surface area contributed by atoms with Crippen LogP contribution in [0.3, 0.4) is 0 Å². The summed E-state index contributed by atoms with van der Waals surface area (Å²) in [5.74, 6) is 0.0869. The summed E-state index contributed by atoms with van der Waals surface area (Å²) in [5, 5.41) is -0.419. The van der Waals surface area contributed by atoms with Crippen molar-refractivity contribution in [2.45, 2.75) is 24.3 Å². The average molecular weight is 227 g/mol. The van der Waals surface area contributed by atoms with Gasteiger partial charge >= 0.3 is 0 Å². The van der Waals surface area contributed by atoms with Crippen LogP contribution in [-0.4, -0.2) is 20.2 Å². The lowest BCUT2D eigenvalue weighted by Crippen LogP contribution is -2.30. The molecular formula is C11H17NO2S. The van der Waals surface area contributed by atoms with E-state index in [2.05, 4.69) is 0 Å². The second kappa shape index (κ2) is 5.28. The van der Waals surface area contributed by atoms with Gasteiger partial charge in [-0.2, -0.15) is 0 Å². The van der Waals surface area contributed by atoms with Gasteiger partial charge in [0.15, 0.2) is 9.84 Å². The zero-order valence-electron chi connectivity index (χ0n) is 8.89. The molecule has 84 valence electrons. The van der Waals surface area contributed by atoms with Crippen LogP contribution in [0.1, 0.15) is 18.9 Å². The monoisotopic (exact) mass is 227 g/mol. The number of rotatable bonds is 5. The van der Waals surface area contributed by atoms with Crippen LogP contribution in [-0.2, 0) is 15.6 Å². The van der Waals surface area contributed by atoms with Gasteiger partial charge < -0.3 is 5.73 Å². The van der Waals surface area contributed by atoms with Gasteiger partial charge in [0, 0.05) is 6.54 Å². The minimum absolute atomic E-state index is 0.0869. The standard InChI is InChI=1S/C11H17NO2S/c1-2-11(8-12)15(13,14)9-10-6-4-3-5-7-10/h3-7,11H,2,8-9,12H2,1H3. The van der Waals surface area contributed by atoms with E-state index in [4.69, 9.17) is 5.73 Å². The van der Waals surface area contributed by atoms with Crippen LogP contribution in [0.4, 0.5) is 0 Å². The molecule has 0 aliphatic rings. The Bertz CT molecular complexity index is 382. The molecule has 0 aliphatic carbocycles. The molecule has 0 radical (unpaired) electrons. The zero-order chi connectivity index (χ0) is 11.3. The Balaban J connectivity index is 2.81. The van der Waals surface area contributed by atoms with Gasteiger partial charge in [-0.05, 0) is 12.0 Å². The Hall–Kier alpha value is -0.870. The van der Waals surface area contributed by atoms with E-state index in [0.717, 1.165) is 5.56 Å². The fourth-order valence-electron chi connectivity index (χ4n) is 1.49. The Kier molecular flexibility index (Phi) is 4.29. The number of benzene rings is 1. The van der Waals surface area contributed by atoms with E-state index in [1.807, 2.05) is 37.3 Å². The van der Waals surface area contributed by atoms with Crippen LogP contribution in [0.5, 0.6) is 0 Å². The predicted octanol–water partition coefficient (Wildman–Crippen LogP) is 1.34. The maximum absolute atomic E-state index is 11.9. The highest BCUT2D eigenvalue weighted by Gasteiger charge is 2.22. The third-order valence-electron chi connectivity index (χ3n) is 2.44. The van der Waals surface area contributed by atoms with Gasteiger partial charge in [0.25, 0.3) is 0 Å². The molecule has 1 rings (SSSR count). The summed E-state index contributed by atoms with van der Waals surface area (Å²) in [6.07, 6.45) is 0.575. The summed E-state index contributed by atoms with van der Waals surface area (Å²) < 4.78 is 23.8. The van der Waals surface area contributed by atoms with Crippen LogP contribution in [0, 0.1) is 0 Å². The van der Waals surface area contributed by atoms with Crippen molar-refractivity contribution < 1.29 is 8.42 Å². The molecule has 3 nitrogen and oxygen atoms in total. The maximum atomic E-state index is 11.9. The van der Waals surface area contributed by atoms with Crippen molar-refractivity contribution in [3.05, 3.63) is 35.9 Å². The van der Waals surface area contributed by atoms with Crippen LogP contribution in [0.2, 0.25) is 0 Å². The SMILES string of the molecule is CCC(CN)S(=O)(=O)Cc1ccccc1. The first-order valence-electron chi connectivity index (χ1n) is 5.05. The summed E-state index contributed by atoms with van der Waals surface area (Å²) in [5.41, 5.74) is 6.27. The minimum atomic E-state index is -3.10. The fraction of sp³-hybridized carbons (Fsp3) is 0.455. The largest absolute Gasteiger partial charge is 0.329 e. The van der Waals surface area contributed by atoms with E-state index in [1.165, 1.54) is 0 Å². The minimum Gasteiger partial charge on any atom is -0.329 e. The van der Waals surface area contributed by atoms with Crippen molar-refractivity contribution in [2.24, 2.45) is 5.73 Å². The lowest BCUT2D eigenvalue weighted by Gasteiger charge is -2.13. The summed E-state index contributed by atoms with van der Waals surface area (Å²) in [6.45, 7) is 2.05. The molecule has 4 heteroatoms. The molecule has 0 amide bonds. The molecule has 0 saturated carbocycles. The van der Waals surface area contributed by atoms with E-state index in [0.29, 0.717) is 6.42 Å². The zero-order valence-corrected chi connectivity index (χ0v) is 9.70. The molecule has 0 aromatic heterocycles. The molecule has 2 N–H and O–H groups in total. The number of hydrogen-bond acceptors (Lipinski definition) is 3. The summed E-state index contributed by atoms with van der Waals surface area (Å²) in [4.78, 5) is 0. The van der Waals surface area contributed by atoms with Crippen molar-refractivity contribution in [2.75, 3.05) is 6.54 Å². The van der Waals surface area contributed by atoms with E-state index < -0.39 is 15.1 Å². The number of hydrogen-bond donors (Lipinski definition) is 1. The molecule has 0 spiro atoms. The predicted molar refractivity (Wildman–Crippen MR) is 62.2 cm³/mol. The highest BCUT2D eigenvalue weighted by Crippen LogP contribution is 2.12. The quantitative estimate of drug-likeness (QED) is 0.825. The Labute approximate surface area is 91.2 Å². The highest BCUT2D eigenvalue weighted by molar-refractivity contribution is 7.91. The van der Waals surface area contributed by atoms with Crippen molar-refractivity contribution in [1.29, 1.82) is 0 Å². The molecule has 0 bridgehead atoms. The molecule has 15 heavy (non-hydrogen) atoms. The van der Waals surface area contributed by atoms with E-state index >= 15 is 0 Å². The van der Waals surface area contributed by atoms with Crippen molar-refractivity contribution >= 4 is 9.84 Å². The summed E-state index contributed by atoms with van der Waals surface area (Å²) >= 11 is 0. The van der Waals surface area contributed by atoms with Gasteiger partial charge in [-0.15, -0.1) is 0 Å². The first kappa shape index (κ1) is 12.2. The topological polar surface area (TPSA) is 60.2 Å². The van der Waals surface area contributed by atoms with E-state index in [1.54, 1.807) is 0 Å². The normalized spacial score (nSPS) is 13.7. The molecule has 0 fully saturated rings. The molecule has 0 saturated heterocycles. The van der Waals surface area contributed by atoms with Gasteiger partial charge in [0.05, 0.1) is 11.0 Å². The molecule has 1 aromatic carbocycles. The fourth-order valence-corrected chi connectivity index (χ4v) is 3.19. The summed E-state index contributed by atoms with van der Waals surface area (Å²) in [6, 6.07) is 9.19. The summed E-state index contributed by atoms with van der Waals surface area (Å²) in [7, 11) is -3.10. The van der Waals surface area contributed by atoms with Crippen LogP contribution >= 0.6 is 0 Å². The lowest BCUT2D eigenvalue weighted by atomic mass is 10.2. The molecule has 0 aliphatic heterocycles. The molecular weight excluding hydrogens is 210 g/mol. The number of nitrogens with two attached hydrogens (primary N) is 1. The Morgan fingerprint density at radius 2 is 1.87 bits per heavy atom. The Morgan fingerprint density at radius 1 is 1.27 bits per heavy atom. The molecule has 0 heterocycles. The van der Waals surface area contributed by atoms with Crippen molar-refractivity contribution in [1.82, 2.24) is 0 Å². The smallest absolute Gasteiger partial charge is 0.158 e. The van der Waals surface area contributed by atoms with Crippen molar-refractivity contribution in [3.8, 4) is 0 Å². The highest BCUT2D eigenvalue weighted by atomic mass is 32.2. The third kappa shape index (κ3) is 3.32. The van der Waals surface area contributed by atoms with E-state index in [-0.39, 0.29) is 12.3 Å². The van der Waals surface area contributed by atoms with Gasteiger partial charge in [0.2, 0.25) is 0 Å². The second-order valence-electron chi connectivity index (χ2n) is 3.56. The molecule has 1 atom stereocenters. The Morgan fingerprint density at radius 3 is 2.33 bits per heavy atom. The van der Waals surface area contributed by atoms with Gasteiger partial charge in [0.1, 0.15) is 0 Å². The van der Waals surface area contributed by atoms with E-state index in [9.17, 15) is 8.42 Å². The van der Waals surface area contributed by atoms with Gasteiger partial charge in [-0.25, -0.2) is 8.42 Å². The average Bonchev–Trinajstić information content (AvgIpc) is 2.19. The van der Waals surface area contributed by atoms with Crippen molar-refractivity contribution in [3.63, 3.8) is 0 Å².